The topological polar surface area (TPSA) is 46.2 Å². The molecule has 2 aromatic rings. The summed E-state index contributed by atoms with van der Waals surface area (Å²) in [5.74, 6) is 0. The minimum absolute atomic E-state index is 0.121. The fraction of sp³-hybridized carbons (Fsp3) is 0.143. The molecule has 0 aliphatic heterocycles. The van der Waals surface area contributed by atoms with Crippen molar-refractivity contribution in [1.29, 1.82) is 0 Å². The van der Waals surface area contributed by atoms with E-state index in [1.807, 2.05) is 19.1 Å². The molecule has 0 saturated heterocycles. The van der Waals surface area contributed by atoms with E-state index in [1.54, 1.807) is 19.1 Å². The van der Waals surface area contributed by atoms with Crippen LogP contribution in [0, 0.1) is 13.8 Å². The van der Waals surface area contributed by atoms with Crippen LogP contribution in [0.5, 0.6) is 0 Å². The maximum Gasteiger partial charge on any atom is 0.262 e. The van der Waals surface area contributed by atoms with Crippen molar-refractivity contribution in [1.82, 2.24) is 0 Å². The van der Waals surface area contributed by atoms with Crippen LogP contribution < -0.4 is 4.72 Å². The summed E-state index contributed by atoms with van der Waals surface area (Å²) in [6, 6.07) is 10.1. The summed E-state index contributed by atoms with van der Waals surface area (Å²) in [5, 5.41) is 0.543. The van der Waals surface area contributed by atoms with E-state index in [1.165, 1.54) is 12.1 Å². The van der Waals surface area contributed by atoms with Crippen LogP contribution in [-0.4, -0.2) is 8.42 Å². The highest BCUT2D eigenvalue weighted by Crippen LogP contribution is 2.29. The lowest BCUT2D eigenvalue weighted by atomic mass is 10.2. The third kappa shape index (κ3) is 3.08. The zero-order valence-electron chi connectivity index (χ0n) is 10.9. The molecule has 2 aromatic carbocycles. The van der Waals surface area contributed by atoms with Crippen molar-refractivity contribution in [2.45, 2.75) is 18.7 Å². The van der Waals surface area contributed by atoms with Crippen molar-refractivity contribution in [2.24, 2.45) is 0 Å². The fourth-order valence-corrected chi connectivity index (χ4v) is 3.64. The molecule has 0 atom stereocenters. The number of benzene rings is 2. The molecule has 0 fully saturated rings. The molecule has 0 amide bonds. The second kappa shape index (κ2) is 5.64. The van der Waals surface area contributed by atoms with Crippen molar-refractivity contribution >= 4 is 38.9 Å². The number of hydrogen-bond donors (Lipinski definition) is 1. The van der Waals surface area contributed by atoms with Gasteiger partial charge in [0.1, 0.15) is 0 Å². The van der Waals surface area contributed by atoms with Crippen molar-refractivity contribution < 1.29 is 8.42 Å². The van der Waals surface area contributed by atoms with Crippen molar-refractivity contribution in [3.05, 3.63) is 57.6 Å². The number of aryl methyl sites for hydroxylation is 2. The van der Waals surface area contributed by atoms with Gasteiger partial charge in [-0.1, -0.05) is 41.4 Å². The Labute approximate surface area is 128 Å². The number of rotatable bonds is 3. The summed E-state index contributed by atoms with van der Waals surface area (Å²) in [6.07, 6.45) is 0. The van der Waals surface area contributed by atoms with E-state index in [9.17, 15) is 8.42 Å². The van der Waals surface area contributed by atoms with E-state index in [-0.39, 0.29) is 9.92 Å². The van der Waals surface area contributed by atoms with Crippen LogP contribution in [0.3, 0.4) is 0 Å². The third-order valence-electron chi connectivity index (χ3n) is 2.90. The highest BCUT2D eigenvalue weighted by molar-refractivity contribution is 7.92. The number of nitrogens with one attached hydrogen (secondary N) is 1. The van der Waals surface area contributed by atoms with Crippen LogP contribution in [0.15, 0.2) is 41.3 Å². The third-order valence-corrected chi connectivity index (χ3v) is 5.13. The summed E-state index contributed by atoms with van der Waals surface area (Å²) in [7, 11) is -3.70. The van der Waals surface area contributed by atoms with Gasteiger partial charge in [-0.15, -0.1) is 0 Å². The van der Waals surface area contributed by atoms with Gasteiger partial charge in [-0.25, -0.2) is 8.42 Å². The van der Waals surface area contributed by atoms with E-state index in [0.29, 0.717) is 16.3 Å². The second-order valence-corrected chi connectivity index (χ2v) is 6.92. The molecule has 3 nitrogen and oxygen atoms in total. The highest BCUT2D eigenvalue weighted by Gasteiger charge is 2.19. The molecule has 0 aliphatic rings. The molecule has 0 aliphatic carbocycles. The Morgan fingerprint density at radius 1 is 0.950 bits per heavy atom. The van der Waals surface area contributed by atoms with E-state index in [0.717, 1.165) is 5.56 Å². The van der Waals surface area contributed by atoms with E-state index in [2.05, 4.69) is 4.72 Å². The first-order chi connectivity index (χ1) is 9.31. The molecule has 2 rings (SSSR count). The van der Waals surface area contributed by atoms with Crippen LogP contribution in [0.4, 0.5) is 5.69 Å². The van der Waals surface area contributed by atoms with Crippen LogP contribution in [-0.2, 0) is 10.0 Å². The minimum atomic E-state index is -3.70. The van der Waals surface area contributed by atoms with Crippen LogP contribution >= 0.6 is 23.2 Å². The lowest BCUT2D eigenvalue weighted by Gasteiger charge is -2.13. The summed E-state index contributed by atoms with van der Waals surface area (Å²) in [5.41, 5.74) is 1.92. The van der Waals surface area contributed by atoms with Gasteiger partial charge in [0.05, 0.1) is 20.6 Å². The predicted molar refractivity (Wildman–Crippen MR) is 83.2 cm³/mol. The van der Waals surface area contributed by atoms with Crippen LogP contribution in [0.25, 0.3) is 0 Å². The van der Waals surface area contributed by atoms with Gasteiger partial charge in [0.2, 0.25) is 0 Å². The van der Waals surface area contributed by atoms with Crippen molar-refractivity contribution in [3.8, 4) is 0 Å². The SMILES string of the molecule is Cc1ccccc1NS(=O)(=O)c1cc(Cl)c(Cl)cc1C. The summed E-state index contributed by atoms with van der Waals surface area (Å²) in [6.45, 7) is 3.51. The maximum absolute atomic E-state index is 12.4. The quantitative estimate of drug-likeness (QED) is 0.906. The van der Waals surface area contributed by atoms with E-state index >= 15 is 0 Å². The van der Waals surface area contributed by atoms with Crippen LogP contribution in [0.1, 0.15) is 11.1 Å². The highest BCUT2D eigenvalue weighted by atomic mass is 35.5. The summed E-state index contributed by atoms with van der Waals surface area (Å²) < 4.78 is 27.4. The standard InChI is InChI=1S/C14H13Cl2NO2S/c1-9-5-3-4-6-13(9)17-20(18,19)14-8-12(16)11(15)7-10(14)2/h3-8,17H,1-2H3. The largest absolute Gasteiger partial charge is 0.279 e. The Hall–Kier alpha value is -1.23. The Bertz CT molecular complexity index is 758. The Morgan fingerprint density at radius 3 is 2.20 bits per heavy atom. The molecule has 0 aromatic heterocycles. The Morgan fingerprint density at radius 2 is 1.55 bits per heavy atom. The first-order valence-corrected chi connectivity index (χ1v) is 8.09. The van der Waals surface area contributed by atoms with Gasteiger partial charge in [-0.05, 0) is 43.2 Å². The van der Waals surface area contributed by atoms with Gasteiger partial charge < -0.3 is 0 Å². The van der Waals surface area contributed by atoms with E-state index < -0.39 is 10.0 Å². The van der Waals surface area contributed by atoms with Gasteiger partial charge in [-0.3, -0.25) is 4.72 Å². The number of halogens is 2. The average Bonchev–Trinajstić information content (AvgIpc) is 2.36. The molecule has 1 N–H and O–H groups in total. The first kappa shape index (κ1) is 15.2. The Balaban J connectivity index is 2.47. The van der Waals surface area contributed by atoms with E-state index in [4.69, 9.17) is 23.2 Å². The molecule has 0 spiro atoms. The predicted octanol–water partition coefficient (Wildman–Crippen LogP) is 4.41. The molecular weight excluding hydrogens is 317 g/mol. The van der Waals surface area contributed by atoms with Gasteiger partial charge >= 0.3 is 0 Å². The molecule has 0 saturated carbocycles. The number of hydrogen-bond acceptors (Lipinski definition) is 2. The number of para-hydroxylation sites is 1. The van der Waals surface area contributed by atoms with Crippen molar-refractivity contribution in [2.75, 3.05) is 4.72 Å². The fourth-order valence-electron chi connectivity index (χ4n) is 1.80. The molecular formula is C14H13Cl2NO2S. The van der Waals surface area contributed by atoms with Gasteiger partial charge in [0.15, 0.2) is 0 Å². The molecule has 0 radical (unpaired) electrons. The van der Waals surface area contributed by atoms with Gasteiger partial charge in [-0.2, -0.15) is 0 Å². The average molecular weight is 330 g/mol. The summed E-state index contributed by atoms with van der Waals surface area (Å²) in [4.78, 5) is 0.121. The first-order valence-electron chi connectivity index (χ1n) is 5.85. The maximum atomic E-state index is 12.4. The molecule has 0 unspecified atom stereocenters. The zero-order chi connectivity index (χ0) is 14.9. The Kier molecular flexibility index (Phi) is 4.28. The minimum Gasteiger partial charge on any atom is -0.279 e. The second-order valence-electron chi connectivity index (χ2n) is 4.45. The van der Waals surface area contributed by atoms with Crippen LogP contribution in [0.2, 0.25) is 10.0 Å². The van der Waals surface area contributed by atoms with Gasteiger partial charge in [0.25, 0.3) is 10.0 Å². The molecule has 20 heavy (non-hydrogen) atoms. The van der Waals surface area contributed by atoms with Crippen molar-refractivity contribution in [3.63, 3.8) is 0 Å². The lowest BCUT2D eigenvalue weighted by molar-refractivity contribution is 0.600. The number of anilines is 1. The smallest absolute Gasteiger partial charge is 0.262 e. The normalized spacial score (nSPS) is 11.4. The zero-order valence-corrected chi connectivity index (χ0v) is 13.3. The summed E-state index contributed by atoms with van der Waals surface area (Å²) >= 11 is 11.8. The number of sulfonamides is 1. The van der Waals surface area contributed by atoms with Gasteiger partial charge in [0, 0.05) is 0 Å². The molecule has 106 valence electrons. The lowest BCUT2D eigenvalue weighted by Crippen LogP contribution is -2.15. The molecule has 6 heteroatoms. The monoisotopic (exact) mass is 329 g/mol. The molecule has 0 bridgehead atoms. The molecule has 0 heterocycles.